The van der Waals surface area contributed by atoms with E-state index in [9.17, 15) is 14.9 Å². The first-order chi connectivity index (χ1) is 14.6. The van der Waals surface area contributed by atoms with Crippen LogP contribution in [0.5, 0.6) is 0 Å². The lowest BCUT2D eigenvalue weighted by molar-refractivity contribution is -0.385. The van der Waals surface area contributed by atoms with E-state index in [1.807, 2.05) is 5.38 Å². The van der Waals surface area contributed by atoms with Crippen molar-refractivity contribution in [1.82, 2.24) is 30.7 Å². The summed E-state index contributed by atoms with van der Waals surface area (Å²) < 4.78 is 5.83. The average molecular weight is 425 g/mol. The van der Waals surface area contributed by atoms with Gasteiger partial charge >= 0.3 is 0 Å². The first kappa shape index (κ1) is 18.9. The summed E-state index contributed by atoms with van der Waals surface area (Å²) >= 11 is 1.34. The van der Waals surface area contributed by atoms with Gasteiger partial charge in [-0.1, -0.05) is 23.4 Å². The number of anilines is 1. The molecule has 150 valence electrons. The van der Waals surface area contributed by atoms with Crippen LogP contribution in [0.25, 0.3) is 16.4 Å². The molecule has 30 heavy (non-hydrogen) atoms. The van der Waals surface area contributed by atoms with Gasteiger partial charge in [-0.15, -0.1) is 16.4 Å². The predicted molar refractivity (Wildman–Crippen MR) is 105 cm³/mol. The molecule has 0 aliphatic carbocycles. The molecule has 0 fully saturated rings. The topological polar surface area (TPSA) is 180 Å². The molecule has 0 bridgehead atoms. The molecule has 4 rings (SSSR count). The zero-order chi connectivity index (χ0) is 21.1. The Bertz CT molecular complexity index is 1250. The molecule has 0 atom stereocenters. The van der Waals surface area contributed by atoms with Crippen LogP contribution < -0.4 is 11.2 Å². The van der Waals surface area contributed by atoms with E-state index in [0.29, 0.717) is 10.6 Å². The average Bonchev–Trinajstić information content (AvgIpc) is 3.48. The molecule has 1 aromatic carbocycles. The summed E-state index contributed by atoms with van der Waals surface area (Å²) in [5.74, 6) is -0.637. The number of rotatable bonds is 6. The minimum atomic E-state index is -0.686. The highest BCUT2D eigenvalue weighted by atomic mass is 32.1. The molecule has 4 aromatic rings. The fourth-order valence-electron chi connectivity index (χ4n) is 2.53. The molecule has 13 nitrogen and oxygen atoms in total. The van der Waals surface area contributed by atoms with Crippen molar-refractivity contribution >= 4 is 35.0 Å². The van der Waals surface area contributed by atoms with Gasteiger partial charge in [-0.25, -0.2) is 10.1 Å². The van der Waals surface area contributed by atoms with Crippen molar-refractivity contribution in [2.75, 3.05) is 5.73 Å². The van der Waals surface area contributed by atoms with Gasteiger partial charge in [0.2, 0.25) is 11.6 Å². The lowest BCUT2D eigenvalue weighted by Gasteiger charge is -2.03. The maximum absolute atomic E-state index is 12.7. The molecule has 0 radical (unpaired) electrons. The Labute approximate surface area is 170 Å². The zero-order valence-electron chi connectivity index (χ0n) is 14.9. The number of amides is 1. The molecule has 0 saturated carbocycles. The molecule has 3 N–H and O–H groups in total. The Morgan fingerprint density at radius 3 is 2.83 bits per heavy atom. The minimum absolute atomic E-state index is 0.0286. The van der Waals surface area contributed by atoms with Crippen LogP contribution in [-0.4, -0.2) is 42.4 Å². The van der Waals surface area contributed by atoms with Crippen molar-refractivity contribution < 1.29 is 14.3 Å². The van der Waals surface area contributed by atoms with Crippen LogP contribution in [0.3, 0.4) is 0 Å². The predicted octanol–water partition coefficient (Wildman–Crippen LogP) is 1.63. The van der Waals surface area contributed by atoms with E-state index in [-0.39, 0.29) is 28.6 Å². The van der Waals surface area contributed by atoms with Gasteiger partial charge in [0, 0.05) is 6.07 Å². The van der Waals surface area contributed by atoms with Crippen molar-refractivity contribution in [3.63, 3.8) is 0 Å². The molecule has 3 aromatic heterocycles. The van der Waals surface area contributed by atoms with E-state index in [1.165, 1.54) is 40.4 Å². The van der Waals surface area contributed by atoms with Crippen LogP contribution in [0.2, 0.25) is 0 Å². The summed E-state index contributed by atoms with van der Waals surface area (Å²) in [6.07, 6.45) is 1.17. The maximum Gasteiger partial charge on any atom is 0.294 e. The number of nitrogens with two attached hydrogens (primary N) is 1. The Hall–Kier alpha value is -4.46. The number of hydrogen-bond donors (Lipinski definition) is 2. The molecule has 14 heteroatoms. The van der Waals surface area contributed by atoms with Gasteiger partial charge in [-0.3, -0.25) is 14.9 Å². The van der Waals surface area contributed by atoms with Crippen LogP contribution in [0, 0.1) is 10.1 Å². The van der Waals surface area contributed by atoms with Crippen molar-refractivity contribution in [2.24, 2.45) is 5.10 Å². The van der Waals surface area contributed by atoms with Crippen LogP contribution in [0.4, 0.5) is 11.5 Å². The first-order valence-corrected chi connectivity index (χ1v) is 9.09. The molecule has 0 unspecified atom stereocenters. The number of carbonyl (C=O) groups is 1. The normalized spacial score (nSPS) is 11.1. The van der Waals surface area contributed by atoms with Crippen LogP contribution >= 0.6 is 11.3 Å². The third-order valence-electron chi connectivity index (χ3n) is 3.84. The third-order valence-corrected chi connectivity index (χ3v) is 4.72. The Morgan fingerprint density at radius 1 is 1.30 bits per heavy atom. The van der Waals surface area contributed by atoms with E-state index >= 15 is 0 Å². The second kappa shape index (κ2) is 7.88. The number of nitrogens with zero attached hydrogens (tertiary/aromatic N) is 7. The second-order valence-electron chi connectivity index (χ2n) is 5.66. The SMILES string of the molecule is Nc1nonc1-n1nnc(C(=O)NN=Cc2ccccc2[N+](=O)[O-])c1-c1cccs1. The lowest BCUT2D eigenvalue weighted by Crippen LogP contribution is -2.19. The Balaban J connectivity index is 1.65. The van der Waals surface area contributed by atoms with Gasteiger partial charge < -0.3 is 5.73 Å². The number of nitrogens with one attached hydrogen (secondary N) is 1. The number of thiophene rings is 1. The summed E-state index contributed by atoms with van der Waals surface area (Å²) in [5, 5.41) is 31.7. The highest BCUT2D eigenvalue weighted by Crippen LogP contribution is 2.29. The van der Waals surface area contributed by atoms with E-state index in [0.717, 1.165) is 0 Å². The second-order valence-corrected chi connectivity index (χ2v) is 6.61. The zero-order valence-corrected chi connectivity index (χ0v) is 15.7. The van der Waals surface area contributed by atoms with Crippen molar-refractivity contribution in [1.29, 1.82) is 0 Å². The number of nitro groups is 1. The summed E-state index contributed by atoms with van der Waals surface area (Å²) in [7, 11) is 0. The number of nitro benzene ring substituents is 1. The fourth-order valence-corrected chi connectivity index (χ4v) is 3.29. The molecule has 0 aliphatic heterocycles. The number of carbonyl (C=O) groups excluding carboxylic acids is 1. The Kier molecular flexibility index (Phi) is 4.96. The summed E-state index contributed by atoms with van der Waals surface area (Å²) in [4.78, 5) is 23.9. The third kappa shape index (κ3) is 3.49. The van der Waals surface area contributed by atoms with E-state index < -0.39 is 10.8 Å². The number of nitrogen functional groups attached to an aromatic ring is 1. The quantitative estimate of drug-likeness (QED) is 0.263. The smallest absolute Gasteiger partial charge is 0.294 e. The summed E-state index contributed by atoms with van der Waals surface area (Å²) in [5.41, 5.74) is 8.37. The van der Waals surface area contributed by atoms with Gasteiger partial charge in [0.25, 0.3) is 11.6 Å². The molecule has 0 aliphatic rings. The number of aromatic nitrogens is 5. The lowest BCUT2D eigenvalue weighted by atomic mass is 10.2. The summed E-state index contributed by atoms with van der Waals surface area (Å²) in [6.45, 7) is 0. The summed E-state index contributed by atoms with van der Waals surface area (Å²) in [6, 6.07) is 9.53. The van der Waals surface area contributed by atoms with Gasteiger partial charge in [-0.2, -0.15) is 9.78 Å². The molecule has 0 spiro atoms. The number of para-hydroxylation sites is 1. The largest absolute Gasteiger partial charge is 0.378 e. The van der Waals surface area contributed by atoms with Crippen molar-refractivity contribution in [3.8, 4) is 16.4 Å². The van der Waals surface area contributed by atoms with Gasteiger partial charge in [-0.05, 0) is 27.8 Å². The monoisotopic (exact) mass is 425 g/mol. The molecular weight excluding hydrogens is 414 g/mol. The molecule has 3 heterocycles. The minimum Gasteiger partial charge on any atom is -0.378 e. The maximum atomic E-state index is 12.7. The van der Waals surface area contributed by atoms with Gasteiger partial charge in [0.1, 0.15) is 5.69 Å². The van der Waals surface area contributed by atoms with E-state index in [1.54, 1.807) is 18.2 Å². The van der Waals surface area contributed by atoms with Crippen LogP contribution in [0.1, 0.15) is 16.1 Å². The standard InChI is InChI=1S/C16H11N9O4S/c17-14-15(22-29-21-14)24-13(11-6-3-7-30-11)12(19-23-24)16(26)20-18-8-9-4-1-2-5-10(9)25(27)28/h1-8H,(H2,17,21)(H,20,26). The number of benzene rings is 1. The highest BCUT2D eigenvalue weighted by Gasteiger charge is 2.25. The van der Waals surface area contributed by atoms with E-state index in [2.05, 4.69) is 35.8 Å². The van der Waals surface area contributed by atoms with Crippen molar-refractivity contribution in [3.05, 3.63) is 63.1 Å². The van der Waals surface area contributed by atoms with Gasteiger partial charge in [0.05, 0.1) is 21.6 Å². The van der Waals surface area contributed by atoms with Gasteiger partial charge in [0.15, 0.2) is 5.69 Å². The number of hydrogen-bond acceptors (Lipinski definition) is 11. The van der Waals surface area contributed by atoms with Crippen LogP contribution in [0.15, 0.2) is 51.5 Å². The Morgan fingerprint density at radius 2 is 2.13 bits per heavy atom. The molecular formula is C16H11N9O4S. The molecule has 0 saturated heterocycles. The fraction of sp³-hybridized carbons (Fsp3) is 0. The highest BCUT2D eigenvalue weighted by molar-refractivity contribution is 7.13. The van der Waals surface area contributed by atoms with E-state index in [4.69, 9.17) is 5.73 Å². The van der Waals surface area contributed by atoms with Crippen LogP contribution in [-0.2, 0) is 0 Å². The molecule has 1 amide bonds. The first-order valence-electron chi connectivity index (χ1n) is 8.21. The number of hydrazone groups is 1. The van der Waals surface area contributed by atoms with Crippen molar-refractivity contribution in [2.45, 2.75) is 0 Å².